The number of hydrogen-bond donors (Lipinski definition) is 2. The van der Waals surface area contributed by atoms with Crippen LogP contribution in [0.4, 0.5) is 4.79 Å². The number of nitrogens with zero attached hydrogens (tertiary/aromatic N) is 1. The Labute approximate surface area is 126 Å². The molecule has 0 unspecified atom stereocenters. The van der Waals surface area contributed by atoms with E-state index in [2.05, 4.69) is 15.6 Å². The van der Waals surface area contributed by atoms with E-state index in [0.717, 1.165) is 25.1 Å². The Morgan fingerprint density at radius 1 is 1.29 bits per heavy atom. The smallest absolute Gasteiger partial charge is 0.407 e. The zero-order valence-corrected chi connectivity index (χ0v) is 13.2. The van der Waals surface area contributed by atoms with Crippen LogP contribution in [0.2, 0.25) is 0 Å². The topological polar surface area (TPSA) is 72.5 Å². The van der Waals surface area contributed by atoms with Crippen LogP contribution in [0.3, 0.4) is 0 Å². The molecule has 6 nitrogen and oxygen atoms in total. The van der Waals surface area contributed by atoms with Gasteiger partial charge in [-0.2, -0.15) is 0 Å². The highest BCUT2D eigenvalue weighted by Crippen LogP contribution is 2.07. The quantitative estimate of drug-likeness (QED) is 0.754. The average Bonchev–Trinajstić information content (AvgIpc) is 2.41. The van der Waals surface area contributed by atoms with Crippen molar-refractivity contribution >= 4 is 6.09 Å². The number of nitrogens with one attached hydrogen (secondary N) is 2. The second-order valence-electron chi connectivity index (χ2n) is 5.67. The summed E-state index contributed by atoms with van der Waals surface area (Å²) in [5, 5.41) is 6.01. The number of alkyl carbamates (subject to hydrolysis) is 1. The van der Waals surface area contributed by atoms with Gasteiger partial charge in [-0.15, -0.1) is 0 Å². The number of rotatable bonds is 7. The minimum absolute atomic E-state index is 0.373. The number of hydrogen-bond acceptors (Lipinski definition) is 5. The third kappa shape index (κ3) is 8.14. The standard InChI is InChI=1S/C15H25N3O3/c1-15(2,3)21-14(19)17-9-5-8-16-10-12-6-7-13(20-4)18-11-12/h6-7,11,16H,5,8-10H2,1-4H3,(H,17,19). The van der Waals surface area contributed by atoms with Crippen LogP contribution in [0, 0.1) is 0 Å². The van der Waals surface area contributed by atoms with Crippen molar-refractivity contribution in [1.29, 1.82) is 0 Å². The van der Waals surface area contributed by atoms with E-state index in [1.165, 1.54) is 0 Å². The molecule has 118 valence electrons. The Morgan fingerprint density at radius 3 is 2.62 bits per heavy atom. The molecular weight excluding hydrogens is 270 g/mol. The van der Waals surface area contributed by atoms with Crippen LogP contribution in [-0.4, -0.2) is 36.9 Å². The van der Waals surface area contributed by atoms with E-state index in [-0.39, 0.29) is 6.09 Å². The highest BCUT2D eigenvalue weighted by molar-refractivity contribution is 5.67. The predicted octanol–water partition coefficient (Wildman–Crippen LogP) is 2.09. The summed E-state index contributed by atoms with van der Waals surface area (Å²) in [7, 11) is 1.60. The lowest BCUT2D eigenvalue weighted by Gasteiger charge is -2.19. The summed E-state index contributed by atoms with van der Waals surface area (Å²) in [5.41, 5.74) is 0.639. The molecule has 1 amide bonds. The first kappa shape index (κ1) is 17.2. The van der Waals surface area contributed by atoms with Gasteiger partial charge in [-0.3, -0.25) is 0 Å². The van der Waals surface area contributed by atoms with Gasteiger partial charge in [0.1, 0.15) is 5.60 Å². The highest BCUT2D eigenvalue weighted by atomic mass is 16.6. The Bertz CT molecular complexity index is 427. The van der Waals surface area contributed by atoms with E-state index in [1.54, 1.807) is 13.3 Å². The van der Waals surface area contributed by atoms with Gasteiger partial charge in [0.15, 0.2) is 0 Å². The molecule has 0 bridgehead atoms. The lowest BCUT2D eigenvalue weighted by molar-refractivity contribution is 0.0527. The summed E-state index contributed by atoms with van der Waals surface area (Å²) >= 11 is 0. The normalized spacial score (nSPS) is 11.0. The van der Waals surface area contributed by atoms with Crippen molar-refractivity contribution in [2.45, 2.75) is 39.3 Å². The molecule has 0 aliphatic heterocycles. The van der Waals surface area contributed by atoms with Crippen molar-refractivity contribution < 1.29 is 14.3 Å². The molecule has 0 atom stereocenters. The summed E-state index contributed by atoms with van der Waals surface area (Å²) in [6.45, 7) is 7.67. The van der Waals surface area contributed by atoms with Gasteiger partial charge in [-0.1, -0.05) is 6.07 Å². The predicted molar refractivity (Wildman–Crippen MR) is 81.3 cm³/mol. The molecule has 0 saturated heterocycles. The van der Waals surface area contributed by atoms with E-state index in [9.17, 15) is 4.79 Å². The van der Waals surface area contributed by atoms with Crippen molar-refractivity contribution in [2.24, 2.45) is 0 Å². The summed E-state index contributed by atoms with van der Waals surface area (Å²) in [6.07, 6.45) is 2.25. The van der Waals surface area contributed by atoms with Gasteiger partial charge in [0.2, 0.25) is 5.88 Å². The van der Waals surface area contributed by atoms with Crippen LogP contribution in [0.5, 0.6) is 5.88 Å². The SMILES string of the molecule is COc1ccc(CNCCCNC(=O)OC(C)(C)C)cn1. The second kappa shape index (κ2) is 8.46. The Balaban J connectivity index is 2.07. The molecule has 0 fully saturated rings. The molecule has 21 heavy (non-hydrogen) atoms. The molecule has 6 heteroatoms. The maximum Gasteiger partial charge on any atom is 0.407 e. The maximum absolute atomic E-state index is 11.4. The number of ether oxygens (including phenoxy) is 2. The average molecular weight is 295 g/mol. The number of carbonyl (C=O) groups is 1. The zero-order valence-electron chi connectivity index (χ0n) is 13.2. The van der Waals surface area contributed by atoms with Crippen LogP contribution in [0.25, 0.3) is 0 Å². The van der Waals surface area contributed by atoms with Gasteiger partial charge in [-0.25, -0.2) is 9.78 Å². The summed E-state index contributed by atoms with van der Waals surface area (Å²) in [4.78, 5) is 15.5. The van der Waals surface area contributed by atoms with Crippen LogP contribution in [0.15, 0.2) is 18.3 Å². The summed E-state index contributed by atoms with van der Waals surface area (Å²) < 4.78 is 10.1. The lowest BCUT2D eigenvalue weighted by atomic mass is 10.2. The van der Waals surface area contributed by atoms with Gasteiger partial charge >= 0.3 is 6.09 Å². The largest absolute Gasteiger partial charge is 0.481 e. The van der Waals surface area contributed by atoms with Crippen LogP contribution in [0.1, 0.15) is 32.8 Å². The van der Waals surface area contributed by atoms with Crippen molar-refractivity contribution in [3.63, 3.8) is 0 Å². The fraction of sp³-hybridized carbons (Fsp3) is 0.600. The minimum Gasteiger partial charge on any atom is -0.481 e. The molecule has 0 aliphatic carbocycles. The number of pyridine rings is 1. The molecule has 0 aromatic carbocycles. The van der Waals surface area contributed by atoms with Gasteiger partial charge in [0.25, 0.3) is 0 Å². The van der Waals surface area contributed by atoms with Gasteiger partial charge in [-0.05, 0) is 39.3 Å². The van der Waals surface area contributed by atoms with Crippen molar-refractivity contribution in [2.75, 3.05) is 20.2 Å². The van der Waals surface area contributed by atoms with E-state index in [4.69, 9.17) is 9.47 Å². The Morgan fingerprint density at radius 2 is 2.05 bits per heavy atom. The zero-order chi connectivity index (χ0) is 15.7. The Hall–Kier alpha value is -1.82. The Kier molecular flexibility index (Phi) is 6.94. The van der Waals surface area contributed by atoms with E-state index in [1.807, 2.05) is 32.9 Å². The van der Waals surface area contributed by atoms with E-state index >= 15 is 0 Å². The summed E-state index contributed by atoms with van der Waals surface area (Å²) in [6, 6.07) is 3.80. The third-order valence-corrected chi connectivity index (χ3v) is 2.53. The first-order valence-electron chi connectivity index (χ1n) is 7.07. The lowest BCUT2D eigenvalue weighted by Crippen LogP contribution is -2.33. The van der Waals surface area contributed by atoms with Crippen LogP contribution < -0.4 is 15.4 Å². The molecule has 0 spiro atoms. The first-order chi connectivity index (χ1) is 9.90. The van der Waals surface area contributed by atoms with Gasteiger partial charge < -0.3 is 20.1 Å². The molecule has 1 heterocycles. The van der Waals surface area contributed by atoms with Crippen LogP contribution in [-0.2, 0) is 11.3 Å². The second-order valence-corrected chi connectivity index (χ2v) is 5.67. The van der Waals surface area contributed by atoms with Crippen molar-refractivity contribution in [3.8, 4) is 5.88 Å². The number of aromatic nitrogens is 1. The highest BCUT2D eigenvalue weighted by Gasteiger charge is 2.15. The van der Waals surface area contributed by atoms with Crippen molar-refractivity contribution in [1.82, 2.24) is 15.6 Å². The van der Waals surface area contributed by atoms with Gasteiger partial charge in [0, 0.05) is 25.4 Å². The molecule has 0 radical (unpaired) electrons. The molecular formula is C15H25N3O3. The molecule has 1 rings (SSSR count). The van der Waals surface area contributed by atoms with E-state index in [0.29, 0.717) is 12.4 Å². The molecule has 0 aliphatic rings. The summed E-state index contributed by atoms with van der Waals surface area (Å²) in [5.74, 6) is 0.611. The monoisotopic (exact) mass is 295 g/mol. The van der Waals surface area contributed by atoms with E-state index < -0.39 is 5.60 Å². The van der Waals surface area contributed by atoms with Gasteiger partial charge in [0.05, 0.1) is 7.11 Å². The fourth-order valence-corrected chi connectivity index (χ4v) is 1.59. The number of amides is 1. The molecule has 1 aromatic rings. The molecule has 1 aromatic heterocycles. The number of carbonyl (C=O) groups excluding carboxylic acids is 1. The van der Waals surface area contributed by atoms with Crippen LogP contribution >= 0.6 is 0 Å². The minimum atomic E-state index is -0.455. The van der Waals surface area contributed by atoms with Crippen molar-refractivity contribution in [3.05, 3.63) is 23.9 Å². The fourth-order valence-electron chi connectivity index (χ4n) is 1.59. The third-order valence-electron chi connectivity index (χ3n) is 2.53. The molecule has 2 N–H and O–H groups in total. The molecule has 0 saturated carbocycles. The maximum atomic E-state index is 11.4. The number of methoxy groups -OCH3 is 1. The first-order valence-corrected chi connectivity index (χ1v) is 7.07.